The molecule has 2 aliphatic heterocycles. The van der Waals surface area contributed by atoms with E-state index in [1.54, 1.807) is 7.11 Å². The summed E-state index contributed by atoms with van der Waals surface area (Å²) in [5.74, 6) is 2.05. The molecule has 3 heterocycles. The summed E-state index contributed by atoms with van der Waals surface area (Å²) in [5.41, 5.74) is 2.08. The molecule has 1 unspecified atom stereocenters. The molecule has 2 aliphatic rings. The van der Waals surface area contributed by atoms with Gasteiger partial charge in [0.1, 0.15) is 5.75 Å². The number of carbonyl (C=O) groups is 1. The minimum Gasteiger partial charge on any atom is -0.497 e. The van der Waals surface area contributed by atoms with Crippen LogP contribution in [0.2, 0.25) is 0 Å². The summed E-state index contributed by atoms with van der Waals surface area (Å²) in [6.07, 6.45) is 5.15. The van der Waals surface area contributed by atoms with E-state index in [1.807, 2.05) is 36.5 Å². The van der Waals surface area contributed by atoms with Crippen molar-refractivity contribution in [1.29, 1.82) is 0 Å². The Morgan fingerprint density at radius 3 is 2.76 bits per heavy atom. The van der Waals surface area contributed by atoms with Crippen LogP contribution in [0.1, 0.15) is 36.4 Å². The van der Waals surface area contributed by atoms with Gasteiger partial charge in [0.25, 0.3) is 0 Å². The zero-order chi connectivity index (χ0) is 20.1. The van der Waals surface area contributed by atoms with Crippen LogP contribution in [0, 0.1) is 0 Å². The lowest BCUT2D eigenvalue weighted by atomic mass is 9.96. The Balaban J connectivity index is 1.31. The van der Waals surface area contributed by atoms with Gasteiger partial charge in [-0.3, -0.25) is 4.79 Å². The predicted molar refractivity (Wildman–Crippen MR) is 110 cm³/mol. The van der Waals surface area contributed by atoms with Gasteiger partial charge in [-0.25, -0.2) is 9.97 Å². The van der Waals surface area contributed by atoms with E-state index >= 15 is 0 Å². The van der Waals surface area contributed by atoms with Crippen molar-refractivity contribution in [3.8, 4) is 5.75 Å². The van der Waals surface area contributed by atoms with E-state index in [9.17, 15) is 4.79 Å². The van der Waals surface area contributed by atoms with Gasteiger partial charge in [0.2, 0.25) is 11.9 Å². The summed E-state index contributed by atoms with van der Waals surface area (Å²) >= 11 is 0. The number of amides is 1. The zero-order valence-corrected chi connectivity index (χ0v) is 16.8. The lowest BCUT2D eigenvalue weighted by molar-refractivity contribution is -0.121. The lowest BCUT2D eigenvalue weighted by Gasteiger charge is -2.23. The first kappa shape index (κ1) is 19.6. The highest BCUT2D eigenvalue weighted by atomic mass is 16.5. The third-order valence-electron chi connectivity index (χ3n) is 5.66. The highest BCUT2D eigenvalue weighted by molar-refractivity contribution is 5.79. The summed E-state index contributed by atoms with van der Waals surface area (Å²) in [6.45, 7) is 3.20. The summed E-state index contributed by atoms with van der Waals surface area (Å²) in [7, 11) is 1.64. The third-order valence-corrected chi connectivity index (χ3v) is 5.66. The van der Waals surface area contributed by atoms with E-state index in [1.165, 1.54) is 0 Å². The van der Waals surface area contributed by atoms with Crippen molar-refractivity contribution in [1.82, 2.24) is 15.3 Å². The van der Waals surface area contributed by atoms with E-state index in [4.69, 9.17) is 14.5 Å². The van der Waals surface area contributed by atoms with Crippen LogP contribution >= 0.6 is 0 Å². The Kier molecular flexibility index (Phi) is 6.24. The number of nitrogens with one attached hydrogen (secondary N) is 1. The molecule has 1 amide bonds. The molecule has 154 valence electrons. The molecule has 1 aromatic carbocycles. The molecule has 0 saturated carbocycles. The van der Waals surface area contributed by atoms with Crippen LogP contribution in [0.5, 0.6) is 5.75 Å². The Morgan fingerprint density at radius 1 is 1.21 bits per heavy atom. The van der Waals surface area contributed by atoms with E-state index in [0.717, 1.165) is 68.5 Å². The van der Waals surface area contributed by atoms with Crippen LogP contribution in [0.4, 0.5) is 5.95 Å². The Hall–Kier alpha value is -2.67. The van der Waals surface area contributed by atoms with Crippen LogP contribution in [-0.4, -0.2) is 55.3 Å². The maximum absolute atomic E-state index is 12.4. The van der Waals surface area contributed by atoms with Gasteiger partial charge in [-0.1, -0.05) is 12.1 Å². The maximum Gasteiger partial charge on any atom is 0.225 e. The van der Waals surface area contributed by atoms with Crippen LogP contribution in [-0.2, 0) is 16.0 Å². The van der Waals surface area contributed by atoms with E-state index < -0.39 is 0 Å². The minimum atomic E-state index is 0.0406. The number of rotatable bonds is 6. The second-order valence-corrected chi connectivity index (χ2v) is 7.69. The Labute approximate surface area is 171 Å². The van der Waals surface area contributed by atoms with Gasteiger partial charge in [-0.05, 0) is 43.0 Å². The highest BCUT2D eigenvalue weighted by Crippen LogP contribution is 2.26. The molecular formula is C22H28N4O3. The number of benzene rings is 1. The number of methoxy groups -OCH3 is 1. The smallest absolute Gasteiger partial charge is 0.225 e. The summed E-state index contributed by atoms with van der Waals surface area (Å²) in [5, 5.41) is 3.15. The van der Waals surface area contributed by atoms with E-state index in [-0.39, 0.29) is 11.9 Å². The molecule has 1 N–H and O–H groups in total. The molecule has 0 radical (unpaired) electrons. The molecule has 7 heteroatoms. The molecule has 2 aromatic rings. The first-order chi connectivity index (χ1) is 14.2. The number of hydrogen-bond acceptors (Lipinski definition) is 6. The van der Waals surface area contributed by atoms with Gasteiger partial charge in [0.15, 0.2) is 0 Å². The highest BCUT2D eigenvalue weighted by Gasteiger charge is 2.26. The Bertz CT molecular complexity index is 821. The summed E-state index contributed by atoms with van der Waals surface area (Å²) < 4.78 is 10.6. The second kappa shape index (κ2) is 9.22. The number of anilines is 1. The van der Waals surface area contributed by atoms with Crippen molar-refractivity contribution in [3.63, 3.8) is 0 Å². The first-order valence-electron chi connectivity index (χ1n) is 10.3. The van der Waals surface area contributed by atoms with Crippen LogP contribution < -0.4 is 15.0 Å². The molecule has 1 atom stereocenters. The third kappa shape index (κ3) is 5.03. The fourth-order valence-electron chi connectivity index (χ4n) is 4.00. The molecule has 7 nitrogen and oxygen atoms in total. The fraction of sp³-hybridized carbons (Fsp3) is 0.500. The van der Waals surface area contributed by atoms with Gasteiger partial charge >= 0.3 is 0 Å². The second-order valence-electron chi connectivity index (χ2n) is 7.69. The normalized spacial score (nSPS) is 19.9. The lowest BCUT2D eigenvalue weighted by Crippen LogP contribution is -2.38. The SMILES string of the molecule is COc1ccc(CC(=O)NC2CCN(c3nccc(C4CCOCC4)n3)C2)cc1. The molecule has 1 aromatic heterocycles. The Morgan fingerprint density at radius 2 is 2.00 bits per heavy atom. The molecule has 2 saturated heterocycles. The largest absolute Gasteiger partial charge is 0.497 e. The molecule has 0 spiro atoms. The van der Waals surface area contributed by atoms with Gasteiger partial charge < -0.3 is 19.7 Å². The van der Waals surface area contributed by atoms with Crippen molar-refractivity contribution in [2.24, 2.45) is 0 Å². The van der Waals surface area contributed by atoms with Crippen LogP contribution in [0.15, 0.2) is 36.5 Å². The molecule has 4 rings (SSSR count). The number of aromatic nitrogens is 2. The number of hydrogen-bond donors (Lipinski definition) is 1. The fourth-order valence-corrected chi connectivity index (χ4v) is 4.00. The monoisotopic (exact) mass is 396 g/mol. The zero-order valence-electron chi connectivity index (χ0n) is 16.8. The van der Waals surface area contributed by atoms with Crippen LogP contribution in [0.3, 0.4) is 0 Å². The predicted octanol–water partition coefficient (Wildman–Crippen LogP) is 2.32. The van der Waals surface area contributed by atoms with E-state index in [2.05, 4.69) is 15.2 Å². The average Bonchev–Trinajstić information content (AvgIpc) is 3.23. The number of nitrogens with zero attached hydrogens (tertiary/aromatic N) is 3. The van der Waals surface area contributed by atoms with E-state index in [0.29, 0.717) is 12.3 Å². The molecular weight excluding hydrogens is 368 g/mol. The summed E-state index contributed by atoms with van der Waals surface area (Å²) in [4.78, 5) is 23.9. The van der Waals surface area contributed by atoms with Crippen molar-refractivity contribution >= 4 is 11.9 Å². The average molecular weight is 396 g/mol. The van der Waals surface area contributed by atoms with Crippen molar-refractivity contribution < 1.29 is 14.3 Å². The van der Waals surface area contributed by atoms with Crippen molar-refractivity contribution in [3.05, 3.63) is 47.8 Å². The van der Waals surface area contributed by atoms with Gasteiger partial charge in [-0.2, -0.15) is 0 Å². The minimum absolute atomic E-state index is 0.0406. The van der Waals surface area contributed by atoms with Gasteiger partial charge in [0, 0.05) is 50.2 Å². The van der Waals surface area contributed by atoms with Gasteiger partial charge in [-0.15, -0.1) is 0 Å². The number of carbonyl (C=O) groups excluding carboxylic acids is 1. The van der Waals surface area contributed by atoms with Gasteiger partial charge in [0.05, 0.1) is 13.5 Å². The molecule has 0 bridgehead atoms. The first-order valence-corrected chi connectivity index (χ1v) is 10.3. The maximum atomic E-state index is 12.4. The standard InChI is InChI=1S/C22H28N4O3/c1-28-19-4-2-16(3-5-19)14-21(27)24-18-7-11-26(15-18)22-23-10-6-20(25-22)17-8-12-29-13-9-17/h2-6,10,17-18H,7-9,11-15H2,1H3,(H,24,27). The topological polar surface area (TPSA) is 76.6 Å². The van der Waals surface area contributed by atoms with Crippen molar-refractivity contribution in [2.45, 2.75) is 37.6 Å². The number of ether oxygens (including phenoxy) is 2. The quantitative estimate of drug-likeness (QED) is 0.808. The molecule has 2 fully saturated rings. The van der Waals surface area contributed by atoms with Crippen LogP contribution in [0.25, 0.3) is 0 Å². The molecule has 29 heavy (non-hydrogen) atoms. The summed E-state index contributed by atoms with van der Waals surface area (Å²) in [6, 6.07) is 9.75. The van der Waals surface area contributed by atoms with Crippen molar-refractivity contribution in [2.75, 3.05) is 38.3 Å². The molecule has 0 aliphatic carbocycles.